The molecule has 0 aromatic heterocycles. The topological polar surface area (TPSA) is 74.8 Å². The molecule has 0 saturated heterocycles. The molecular formula is C22H26F3IN4O2. The highest BCUT2D eigenvalue weighted by molar-refractivity contribution is 14.0. The van der Waals surface area contributed by atoms with Gasteiger partial charge < -0.3 is 20.7 Å². The van der Waals surface area contributed by atoms with Crippen LogP contribution in [0, 0.1) is 30.3 Å². The number of carbonyl (C=O) groups excluding carboxylic acids is 1. The Morgan fingerprint density at radius 2 is 1.88 bits per heavy atom. The zero-order valence-corrected chi connectivity index (χ0v) is 20.1. The fourth-order valence-corrected chi connectivity index (χ4v) is 2.81. The number of amides is 1. The largest absolute Gasteiger partial charge is 0.493 e. The Balaban J connectivity index is 0.00000363. The highest BCUT2D eigenvalue weighted by Gasteiger charge is 2.22. The van der Waals surface area contributed by atoms with Crippen molar-refractivity contribution in [3.63, 3.8) is 0 Å². The summed E-state index contributed by atoms with van der Waals surface area (Å²) in [5.41, 5.74) is 1.60. The number of nitrogens with zero attached hydrogens (tertiary/aromatic N) is 1. The van der Waals surface area contributed by atoms with Gasteiger partial charge in [-0.3, -0.25) is 9.79 Å². The lowest BCUT2D eigenvalue weighted by atomic mass is 10.1. The Hall–Kier alpha value is -2.50. The van der Waals surface area contributed by atoms with Gasteiger partial charge in [-0.15, -0.1) is 24.0 Å². The van der Waals surface area contributed by atoms with Crippen LogP contribution in [0.3, 0.4) is 0 Å². The lowest BCUT2D eigenvalue weighted by Crippen LogP contribution is -2.41. The molecule has 174 valence electrons. The van der Waals surface area contributed by atoms with Crippen LogP contribution in [0.15, 0.2) is 35.3 Å². The van der Waals surface area contributed by atoms with E-state index in [2.05, 4.69) is 20.9 Å². The molecule has 2 aromatic carbocycles. The van der Waals surface area contributed by atoms with Crippen LogP contribution in [0.4, 0.5) is 18.9 Å². The van der Waals surface area contributed by atoms with Crippen LogP contribution in [-0.2, 0) is 11.3 Å². The summed E-state index contributed by atoms with van der Waals surface area (Å²) in [6, 6.07) is 7.64. The molecule has 1 aliphatic carbocycles. The van der Waals surface area contributed by atoms with E-state index in [1.165, 1.54) is 12.8 Å². The summed E-state index contributed by atoms with van der Waals surface area (Å²) < 4.78 is 45.9. The summed E-state index contributed by atoms with van der Waals surface area (Å²) in [4.78, 5) is 16.1. The minimum Gasteiger partial charge on any atom is -0.493 e. The molecule has 6 nitrogen and oxygen atoms in total. The SMILES string of the molecule is CN=C(NCC(=O)Nc1ccc(F)c(F)c1F)NCc1ccc(C)cc1OCC1CC1.I. The van der Waals surface area contributed by atoms with Crippen molar-refractivity contribution in [3.05, 3.63) is 58.9 Å². The van der Waals surface area contributed by atoms with Gasteiger partial charge in [-0.05, 0) is 49.4 Å². The molecule has 1 amide bonds. The van der Waals surface area contributed by atoms with Gasteiger partial charge >= 0.3 is 0 Å². The molecule has 3 N–H and O–H groups in total. The fraction of sp³-hybridized carbons (Fsp3) is 0.364. The molecule has 0 unspecified atom stereocenters. The van der Waals surface area contributed by atoms with Crippen LogP contribution in [0.1, 0.15) is 24.0 Å². The quantitative estimate of drug-likeness (QED) is 0.196. The highest BCUT2D eigenvalue weighted by Crippen LogP contribution is 2.30. The summed E-state index contributed by atoms with van der Waals surface area (Å²) in [5.74, 6) is -3.27. The number of benzene rings is 2. The smallest absolute Gasteiger partial charge is 0.243 e. The Morgan fingerprint density at radius 1 is 1.12 bits per heavy atom. The summed E-state index contributed by atoms with van der Waals surface area (Å²) in [6.07, 6.45) is 2.40. The van der Waals surface area contributed by atoms with Crippen molar-refractivity contribution in [2.24, 2.45) is 10.9 Å². The second-order valence-corrected chi connectivity index (χ2v) is 7.42. The van der Waals surface area contributed by atoms with E-state index in [1.54, 1.807) is 7.05 Å². The third-order valence-corrected chi connectivity index (χ3v) is 4.79. The van der Waals surface area contributed by atoms with Crippen molar-refractivity contribution in [3.8, 4) is 5.75 Å². The van der Waals surface area contributed by atoms with Gasteiger partial charge in [0.1, 0.15) is 5.75 Å². The number of hydrogen-bond donors (Lipinski definition) is 3. The van der Waals surface area contributed by atoms with Crippen LogP contribution in [0.25, 0.3) is 0 Å². The second-order valence-electron chi connectivity index (χ2n) is 7.42. The number of halogens is 4. The lowest BCUT2D eigenvalue weighted by Gasteiger charge is -2.15. The molecule has 32 heavy (non-hydrogen) atoms. The van der Waals surface area contributed by atoms with Gasteiger partial charge in [0.25, 0.3) is 0 Å². The summed E-state index contributed by atoms with van der Waals surface area (Å²) in [6.45, 7) is 2.86. The van der Waals surface area contributed by atoms with Crippen LogP contribution < -0.4 is 20.7 Å². The van der Waals surface area contributed by atoms with Crippen molar-refractivity contribution < 1.29 is 22.7 Å². The van der Waals surface area contributed by atoms with Gasteiger partial charge in [0.15, 0.2) is 23.4 Å². The van der Waals surface area contributed by atoms with E-state index >= 15 is 0 Å². The molecule has 2 aromatic rings. The van der Waals surface area contributed by atoms with Gasteiger partial charge in [-0.2, -0.15) is 0 Å². The van der Waals surface area contributed by atoms with Crippen LogP contribution in [0.5, 0.6) is 5.75 Å². The predicted octanol–water partition coefficient (Wildman–Crippen LogP) is 4.12. The lowest BCUT2D eigenvalue weighted by molar-refractivity contribution is -0.115. The average Bonchev–Trinajstić information content (AvgIpc) is 3.58. The number of nitrogens with one attached hydrogen (secondary N) is 3. The average molecular weight is 562 g/mol. The molecule has 0 bridgehead atoms. The summed E-state index contributed by atoms with van der Waals surface area (Å²) >= 11 is 0. The molecule has 1 fully saturated rings. The number of guanidine groups is 1. The van der Waals surface area contributed by atoms with E-state index < -0.39 is 29.0 Å². The normalized spacial score (nSPS) is 13.2. The second kappa shape index (κ2) is 11.9. The molecule has 0 radical (unpaired) electrons. The van der Waals surface area contributed by atoms with Gasteiger partial charge in [-0.1, -0.05) is 12.1 Å². The standard InChI is InChI=1S/C22H25F3N4O2.HI/c1-13-3-6-15(18(9-13)31-12-14-4-5-14)10-27-22(26-2)28-11-19(30)29-17-8-7-16(23)20(24)21(17)25;/h3,6-9,14H,4-5,10-12H2,1-2H3,(H,29,30)(H2,26,27,28);1H. The Kier molecular flexibility index (Phi) is 9.60. The van der Waals surface area contributed by atoms with E-state index in [0.29, 0.717) is 25.0 Å². The Morgan fingerprint density at radius 3 is 2.56 bits per heavy atom. The molecule has 0 spiro atoms. The number of aryl methyl sites for hydroxylation is 1. The minimum atomic E-state index is -1.64. The van der Waals surface area contributed by atoms with Crippen molar-refractivity contribution in [1.29, 1.82) is 0 Å². The van der Waals surface area contributed by atoms with E-state index in [1.807, 2.05) is 25.1 Å². The van der Waals surface area contributed by atoms with Gasteiger partial charge in [0, 0.05) is 19.2 Å². The van der Waals surface area contributed by atoms with E-state index in [9.17, 15) is 18.0 Å². The van der Waals surface area contributed by atoms with Crippen molar-refractivity contribution >= 4 is 41.5 Å². The van der Waals surface area contributed by atoms with Crippen LogP contribution in [0.2, 0.25) is 0 Å². The first-order chi connectivity index (χ1) is 14.9. The molecule has 0 aliphatic heterocycles. The molecule has 3 rings (SSSR count). The molecule has 1 saturated carbocycles. The number of aliphatic imine (C=N–C) groups is 1. The van der Waals surface area contributed by atoms with Crippen molar-refractivity contribution in [1.82, 2.24) is 10.6 Å². The molecule has 1 aliphatic rings. The number of hydrogen-bond acceptors (Lipinski definition) is 3. The fourth-order valence-electron chi connectivity index (χ4n) is 2.81. The minimum absolute atomic E-state index is 0. The highest BCUT2D eigenvalue weighted by atomic mass is 127. The molecule has 10 heteroatoms. The Labute approximate surface area is 202 Å². The number of ether oxygens (including phenoxy) is 1. The predicted molar refractivity (Wildman–Crippen MR) is 128 cm³/mol. The first-order valence-electron chi connectivity index (χ1n) is 9.97. The Bertz CT molecular complexity index is 984. The van der Waals surface area contributed by atoms with E-state index in [4.69, 9.17) is 4.74 Å². The first kappa shape index (κ1) is 25.8. The maximum atomic E-state index is 13.7. The van der Waals surface area contributed by atoms with Crippen molar-refractivity contribution in [2.45, 2.75) is 26.3 Å². The first-order valence-corrected chi connectivity index (χ1v) is 9.97. The third-order valence-electron chi connectivity index (χ3n) is 4.79. The van der Waals surface area contributed by atoms with Crippen molar-refractivity contribution in [2.75, 3.05) is 25.5 Å². The summed E-state index contributed by atoms with van der Waals surface area (Å²) in [5, 5.41) is 8.08. The molecule has 0 heterocycles. The van der Waals surface area contributed by atoms with E-state index in [-0.39, 0.29) is 30.5 Å². The number of rotatable bonds is 8. The zero-order chi connectivity index (χ0) is 22.4. The van der Waals surface area contributed by atoms with E-state index in [0.717, 1.165) is 29.0 Å². The van der Waals surface area contributed by atoms with Gasteiger partial charge in [-0.25, -0.2) is 13.2 Å². The number of anilines is 1. The molecular weight excluding hydrogens is 536 g/mol. The summed E-state index contributed by atoms with van der Waals surface area (Å²) in [7, 11) is 1.54. The molecule has 0 atom stereocenters. The zero-order valence-electron chi connectivity index (χ0n) is 17.8. The third kappa shape index (κ3) is 7.28. The monoisotopic (exact) mass is 562 g/mol. The maximum absolute atomic E-state index is 13.7. The van der Waals surface area contributed by atoms with Gasteiger partial charge in [0.05, 0.1) is 18.8 Å². The maximum Gasteiger partial charge on any atom is 0.243 e. The van der Waals surface area contributed by atoms with Gasteiger partial charge in [0.2, 0.25) is 5.91 Å². The van der Waals surface area contributed by atoms with Crippen LogP contribution >= 0.6 is 24.0 Å². The number of carbonyl (C=O) groups is 1. The van der Waals surface area contributed by atoms with Crippen LogP contribution in [-0.4, -0.2) is 32.1 Å².